The second-order valence-electron chi connectivity index (χ2n) is 6.08. The van der Waals surface area contributed by atoms with E-state index in [2.05, 4.69) is 35.6 Å². The van der Waals surface area contributed by atoms with Gasteiger partial charge >= 0.3 is 0 Å². The van der Waals surface area contributed by atoms with E-state index >= 15 is 0 Å². The molecular formula is C17H20N2S. The van der Waals surface area contributed by atoms with Crippen LogP contribution in [0.2, 0.25) is 0 Å². The molecule has 0 bridgehead atoms. The van der Waals surface area contributed by atoms with Gasteiger partial charge in [0.15, 0.2) is 0 Å². The van der Waals surface area contributed by atoms with Gasteiger partial charge in [-0.05, 0) is 38.3 Å². The molecule has 0 aliphatic heterocycles. The van der Waals surface area contributed by atoms with Crippen molar-refractivity contribution in [3.63, 3.8) is 0 Å². The van der Waals surface area contributed by atoms with Gasteiger partial charge in [0.1, 0.15) is 5.01 Å². The summed E-state index contributed by atoms with van der Waals surface area (Å²) in [5.74, 6) is 0.745. The molecule has 2 aliphatic carbocycles. The molecule has 0 radical (unpaired) electrons. The van der Waals surface area contributed by atoms with Crippen LogP contribution in [0.4, 0.5) is 0 Å². The molecule has 1 N–H and O–H groups in total. The molecule has 0 atom stereocenters. The third-order valence-electron chi connectivity index (χ3n) is 4.51. The van der Waals surface area contributed by atoms with E-state index in [1.807, 2.05) is 18.4 Å². The molecule has 2 nitrogen and oxygen atoms in total. The van der Waals surface area contributed by atoms with Crippen LogP contribution >= 0.6 is 11.3 Å². The summed E-state index contributed by atoms with van der Waals surface area (Å²) in [6, 6.07) is 10.9. The molecule has 0 saturated heterocycles. The minimum atomic E-state index is 0.238. The number of benzene rings is 1. The fourth-order valence-corrected chi connectivity index (χ4v) is 4.47. The van der Waals surface area contributed by atoms with Crippen LogP contribution in [-0.2, 0) is 12.0 Å². The van der Waals surface area contributed by atoms with Crippen molar-refractivity contribution in [2.75, 3.05) is 7.05 Å². The van der Waals surface area contributed by atoms with Crippen molar-refractivity contribution in [2.24, 2.45) is 0 Å². The minimum Gasteiger partial charge on any atom is -0.315 e. The number of nitrogens with one attached hydrogen (secondary N) is 1. The van der Waals surface area contributed by atoms with Gasteiger partial charge in [-0.1, -0.05) is 30.3 Å². The average Bonchev–Trinajstić information content (AvgIpc) is 3.40. The van der Waals surface area contributed by atoms with Gasteiger partial charge in [0.05, 0.1) is 5.69 Å². The second-order valence-corrected chi connectivity index (χ2v) is 7.16. The lowest BCUT2D eigenvalue weighted by Gasteiger charge is -2.12. The summed E-state index contributed by atoms with van der Waals surface area (Å²) in [6.45, 7) is 0.967. The zero-order chi connectivity index (χ0) is 13.6. The zero-order valence-electron chi connectivity index (χ0n) is 11.9. The predicted octanol–water partition coefficient (Wildman–Crippen LogP) is 3.82. The van der Waals surface area contributed by atoms with Crippen LogP contribution in [0.1, 0.15) is 52.7 Å². The summed E-state index contributed by atoms with van der Waals surface area (Å²) in [4.78, 5) is 6.54. The molecule has 1 aromatic heterocycles. The van der Waals surface area contributed by atoms with E-state index in [4.69, 9.17) is 4.98 Å². The maximum Gasteiger partial charge on any atom is 0.104 e. The van der Waals surface area contributed by atoms with E-state index in [1.54, 1.807) is 0 Å². The Morgan fingerprint density at radius 2 is 2.00 bits per heavy atom. The summed E-state index contributed by atoms with van der Waals surface area (Å²) >= 11 is 1.94. The van der Waals surface area contributed by atoms with Crippen molar-refractivity contribution < 1.29 is 0 Å². The molecule has 0 unspecified atom stereocenters. The highest BCUT2D eigenvalue weighted by Gasteiger charge is 2.49. The van der Waals surface area contributed by atoms with Gasteiger partial charge < -0.3 is 5.32 Å². The number of thiazole rings is 1. The Morgan fingerprint density at radius 3 is 2.60 bits per heavy atom. The number of nitrogens with zero attached hydrogens (tertiary/aromatic N) is 1. The molecule has 2 aromatic rings. The van der Waals surface area contributed by atoms with E-state index in [0.29, 0.717) is 0 Å². The van der Waals surface area contributed by atoms with Gasteiger partial charge in [0.25, 0.3) is 0 Å². The monoisotopic (exact) mass is 284 g/mol. The zero-order valence-corrected chi connectivity index (χ0v) is 12.7. The molecule has 1 aromatic carbocycles. The molecule has 104 valence electrons. The largest absolute Gasteiger partial charge is 0.315 e. The highest BCUT2D eigenvalue weighted by molar-refractivity contribution is 7.12. The van der Waals surface area contributed by atoms with Crippen molar-refractivity contribution in [3.05, 3.63) is 51.5 Å². The molecule has 3 heteroatoms. The van der Waals surface area contributed by atoms with Gasteiger partial charge in [0, 0.05) is 22.8 Å². The summed E-state index contributed by atoms with van der Waals surface area (Å²) in [6.07, 6.45) is 5.18. The maximum absolute atomic E-state index is 5.08. The van der Waals surface area contributed by atoms with Crippen LogP contribution in [0.25, 0.3) is 0 Å². The standard InChI is InChI=1S/C17H20N2S/c1-18-11-14-15(12-7-8-12)19-16(20-14)17(9-10-17)13-5-3-2-4-6-13/h2-6,12,18H,7-11H2,1H3. The van der Waals surface area contributed by atoms with Crippen LogP contribution in [-0.4, -0.2) is 12.0 Å². The van der Waals surface area contributed by atoms with E-state index < -0.39 is 0 Å². The Balaban J connectivity index is 1.73. The van der Waals surface area contributed by atoms with Crippen LogP contribution in [0.15, 0.2) is 30.3 Å². The lowest BCUT2D eigenvalue weighted by Crippen LogP contribution is -2.07. The number of hydrogen-bond donors (Lipinski definition) is 1. The Hall–Kier alpha value is -1.19. The molecule has 0 amide bonds. The van der Waals surface area contributed by atoms with Crippen molar-refractivity contribution in [3.8, 4) is 0 Å². The SMILES string of the molecule is CNCc1sc(C2(c3ccccc3)CC2)nc1C1CC1. The molecule has 2 saturated carbocycles. The van der Waals surface area contributed by atoms with Gasteiger partial charge in [-0.25, -0.2) is 4.98 Å². The van der Waals surface area contributed by atoms with Crippen molar-refractivity contribution in [1.82, 2.24) is 10.3 Å². The van der Waals surface area contributed by atoms with Gasteiger partial charge in [-0.15, -0.1) is 11.3 Å². The van der Waals surface area contributed by atoms with Crippen molar-refractivity contribution in [2.45, 2.75) is 43.6 Å². The quantitative estimate of drug-likeness (QED) is 0.903. The Kier molecular flexibility index (Phi) is 2.93. The first-order valence-corrected chi connectivity index (χ1v) is 8.35. The number of aromatic nitrogens is 1. The molecule has 20 heavy (non-hydrogen) atoms. The molecule has 0 spiro atoms. The van der Waals surface area contributed by atoms with Crippen LogP contribution in [0, 0.1) is 0 Å². The normalized spacial score (nSPS) is 20.1. The summed E-state index contributed by atoms with van der Waals surface area (Å²) in [5.41, 5.74) is 3.08. The van der Waals surface area contributed by atoms with Crippen LogP contribution in [0.5, 0.6) is 0 Å². The Bertz CT molecular complexity index is 609. The fourth-order valence-electron chi connectivity index (χ4n) is 3.04. The summed E-state index contributed by atoms with van der Waals surface area (Å²) < 4.78 is 0. The van der Waals surface area contributed by atoms with Crippen LogP contribution < -0.4 is 5.32 Å². The lowest BCUT2D eigenvalue weighted by atomic mass is 9.97. The first kappa shape index (κ1) is 12.5. The van der Waals surface area contributed by atoms with E-state index in [9.17, 15) is 0 Å². The Morgan fingerprint density at radius 1 is 1.25 bits per heavy atom. The third kappa shape index (κ3) is 2.00. The van der Waals surface area contributed by atoms with E-state index in [0.717, 1.165) is 12.5 Å². The molecule has 2 aliphatic rings. The van der Waals surface area contributed by atoms with Crippen molar-refractivity contribution in [1.29, 1.82) is 0 Å². The van der Waals surface area contributed by atoms with E-state index in [-0.39, 0.29) is 5.41 Å². The molecule has 4 rings (SSSR count). The smallest absolute Gasteiger partial charge is 0.104 e. The van der Waals surface area contributed by atoms with Gasteiger partial charge in [0.2, 0.25) is 0 Å². The van der Waals surface area contributed by atoms with E-state index in [1.165, 1.54) is 46.8 Å². The molecule has 2 fully saturated rings. The lowest BCUT2D eigenvalue weighted by molar-refractivity contribution is 0.799. The minimum absolute atomic E-state index is 0.238. The highest BCUT2D eigenvalue weighted by Crippen LogP contribution is 2.56. The predicted molar refractivity (Wildman–Crippen MR) is 83.3 cm³/mol. The first-order chi connectivity index (χ1) is 9.83. The van der Waals surface area contributed by atoms with Gasteiger partial charge in [-0.2, -0.15) is 0 Å². The Labute approximate surface area is 124 Å². The topological polar surface area (TPSA) is 24.9 Å². The average molecular weight is 284 g/mol. The van der Waals surface area contributed by atoms with Gasteiger partial charge in [-0.3, -0.25) is 0 Å². The second kappa shape index (κ2) is 4.68. The maximum atomic E-state index is 5.08. The first-order valence-electron chi connectivity index (χ1n) is 7.54. The number of hydrogen-bond acceptors (Lipinski definition) is 3. The highest BCUT2D eigenvalue weighted by atomic mass is 32.1. The molecular weight excluding hydrogens is 264 g/mol. The third-order valence-corrected chi connectivity index (χ3v) is 5.79. The molecule has 1 heterocycles. The van der Waals surface area contributed by atoms with Crippen molar-refractivity contribution >= 4 is 11.3 Å². The summed E-state index contributed by atoms with van der Waals surface area (Å²) in [5, 5.41) is 4.66. The number of rotatable bonds is 5. The summed E-state index contributed by atoms with van der Waals surface area (Å²) in [7, 11) is 2.03. The fraction of sp³-hybridized carbons (Fsp3) is 0.471. The van der Waals surface area contributed by atoms with Crippen LogP contribution in [0.3, 0.4) is 0 Å².